The van der Waals surface area contributed by atoms with Gasteiger partial charge in [-0.1, -0.05) is 0 Å². The summed E-state index contributed by atoms with van der Waals surface area (Å²) < 4.78 is 33.9. The second-order valence-corrected chi connectivity index (χ2v) is 6.94. The van der Waals surface area contributed by atoms with Crippen LogP contribution in [0.2, 0.25) is 0 Å². The van der Waals surface area contributed by atoms with Crippen molar-refractivity contribution >= 4 is 28.9 Å². The van der Waals surface area contributed by atoms with Crippen molar-refractivity contribution in [2.24, 2.45) is 0 Å². The number of methoxy groups -OCH3 is 1. The summed E-state index contributed by atoms with van der Waals surface area (Å²) in [7, 11) is 1.32. The van der Waals surface area contributed by atoms with Gasteiger partial charge in [-0.25, -0.2) is 0 Å². The van der Waals surface area contributed by atoms with E-state index in [9.17, 15) is 18.6 Å². The van der Waals surface area contributed by atoms with Crippen LogP contribution in [-0.4, -0.2) is 39.5 Å². The predicted molar refractivity (Wildman–Crippen MR) is 85.1 cm³/mol. The van der Waals surface area contributed by atoms with E-state index >= 15 is 0 Å². The van der Waals surface area contributed by atoms with Gasteiger partial charge in [0.25, 0.3) is 0 Å². The van der Waals surface area contributed by atoms with E-state index < -0.39 is 35.3 Å². The van der Waals surface area contributed by atoms with Crippen LogP contribution >= 0.6 is 0 Å². The van der Waals surface area contributed by atoms with E-state index in [4.69, 9.17) is 17.8 Å². The maximum Gasteiger partial charge on any atom is 0.305 e. The third-order valence-electron chi connectivity index (χ3n) is 4.72. The second kappa shape index (κ2) is 5.86. The van der Waals surface area contributed by atoms with Crippen molar-refractivity contribution in [1.29, 1.82) is 0 Å². The number of hydrogen-bond acceptors (Lipinski definition) is 8. The van der Waals surface area contributed by atoms with E-state index in [1.165, 1.54) is 21.0 Å². The van der Waals surface area contributed by atoms with Gasteiger partial charge in [0, 0.05) is 18.1 Å². The van der Waals surface area contributed by atoms with Crippen molar-refractivity contribution in [3.63, 3.8) is 0 Å². The van der Waals surface area contributed by atoms with Crippen LogP contribution in [0, 0.1) is 0 Å². The molecule has 3 heterocycles. The van der Waals surface area contributed by atoms with E-state index in [2.05, 4.69) is 0 Å². The lowest BCUT2D eigenvalue weighted by Crippen LogP contribution is -2.25. The normalized spacial score (nSPS) is 26.7. The van der Waals surface area contributed by atoms with Crippen molar-refractivity contribution < 1.29 is 36.4 Å². The summed E-state index contributed by atoms with van der Waals surface area (Å²) in [5.41, 5.74) is 1.35. The van der Waals surface area contributed by atoms with Gasteiger partial charge in [0.2, 0.25) is 11.6 Å². The number of fused-ring (bicyclic) bond motifs is 5. The number of ether oxygens (including phenoxy) is 2. The Kier molecular flexibility index (Phi) is 3.86. The van der Waals surface area contributed by atoms with Gasteiger partial charge in [-0.05, 0) is 6.92 Å². The van der Waals surface area contributed by atoms with Crippen LogP contribution in [0.15, 0.2) is 11.3 Å². The number of esters is 1. The van der Waals surface area contributed by atoms with Gasteiger partial charge in [0.05, 0.1) is 24.9 Å². The summed E-state index contributed by atoms with van der Waals surface area (Å²) in [4.78, 5) is 37.1. The molecular formula is C16H15NO8S. The minimum absolute atomic E-state index is 0.0421. The number of ketones is 2. The van der Waals surface area contributed by atoms with Gasteiger partial charge in [-0.15, -0.1) is 0 Å². The van der Waals surface area contributed by atoms with E-state index in [1.807, 2.05) is 0 Å². The number of Topliss-reactive ketones (excluding diaryl/α,β-unsaturated/α-hetero) is 2. The van der Waals surface area contributed by atoms with Crippen molar-refractivity contribution in [3.8, 4) is 0 Å². The monoisotopic (exact) mass is 381 g/mol. The second-order valence-electron chi connectivity index (χ2n) is 6.15. The van der Waals surface area contributed by atoms with Gasteiger partial charge in [0.1, 0.15) is 24.5 Å². The molecule has 1 saturated heterocycles. The van der Waals surface area contributed by atoms with Crippen LogP contribution < -0.4 is 0 Å². The van der Waals surface area contributed by atoms with E-state index in [-0.39, 0.29) is 41.5 Å². The zero-order chi connectivity index (χ0) is 18.7. The summed E-state index contributed by atoms with van der Waals surface area (Å²) in [5.74, 6) is -1.39. The van der Waals surface area contributed by atoms with Crippen LogP contribution in [0.3, 0.4) is 0 Å². The first-order valence-electron chi connectivity index (χ1n) is 7.84. The number of carbonyl (C=O) groups is 3. The van der Waals surface area contributed by atoms with Gasteiger partial charge >= 0.3 is 17.3 Å². The van der Waals surface area contributed by atoms with Crippen LogP contribution in [-0.2, 0) is 47.1 Å². The molecule has 0 N–H and O–H groups in total. The van der Waals surface area contributed by atoms with Crippen molar-refractivity contribution in [1.82, 2.24) is 4.57 Å². The Morgan fingerprint density at radius 2 is 2.04 bits per heavy atom. The third-order valence-corrected chi connectivity index (χ3v) is 5.48. The Hall–Kier alpha value is -2.30. The van der Waals surface area contributed by atoms with Gasteiger partial charge in [-0.3, -0.25) is 22.7 Å². The van der Waals surface area contributed by atoms with Crippen molar-refractivity contribution in [2.45, 2.75) is 39.2 Å². The number of rotatable bonds is 3. The third kappa shape index (κ3) is 2.22. The largest absolute Gasteiger partial charge is 0.492 e. The quantitative estimate of drug-likeness (QED) is 0.710. The molecule has 0 aromatic carbocycles. The van der Waals surface area contributed by atoms with Crippen molar-refractivity contribution in [2.75, 3.05) is 7.11 Å². The SMILES string of the molecule is COC1=C(C)C(=O)c2c(c(COC(C)=O)c3n2C[C@H]2OS(=O)O[C@@H]32)C1=O. The molecule has 0 spiro atoms. The van der Waals surface area contributed by atoms with Gasteiger partial charge in [0.15, 0.2) is 5.76 Å². The predicted octanol–water partition coefficient (Wildman–Crippen LogP) is 0.899. The Balaban J connectivity index is 1.92. The van der Waals surface area contributed by atoms with Crippen LogP contribution in [0.1, 0.15) is 52.1 Å². The molecule has 0 saturated carbocycles. The molecule has 26 heavy (non-hydrogen) atoms. The zero-order valence-corrected chi connectivity index (χ0v) is 15.0. The van der Waals surface area contributed by atoms with E-state index in [1.54, 1.807) is 4.57 Å². The van der Waals surface area contributed by atoms with Gasteiger partial charge in [-0.2, -0.15) is 4.21 Å². The molecular weight excluding hydrogens is 366 g/mol. The molecule has 4 rings (SSSR count). The lowest BCUT2D eigenvalue weighted by molar-refractivity contribution is -0.142. The topological polar surface area (TPSA) is 110 Å². The highest BCUT2D eigenvalue weighted by molar-refractivity contribution is 7.75. The highest BCUT2D eigenvalue weighted by atomic mass is 32.2. The van der Waals surface area contributed by atoms with Crippen LogP contribution in [0.25, 0.3) is 0 Å². The Labute approximate surface area is 150 Å². The summed E-state index contributed by atoms with van der Waals surface area (Å²) in [5, 5.41) is 0. The fourth-order valence-corrected chi connectivity index (χ4v) is 4.46. The number of nitrogens with zero attached hydrogens (tertiary/aromatic N) is 1. The summed E-state index contributed by atoms with van der Waals surface area (Å²) in [6.07, 6.45) is -1.25. The molecule has 3 atom stereocenters. The first-order valence-corrected chi connectivity index (χ1v) is 8.84. The average molecular weight is 381 g/mol. The van der Waals surface area contributed by atoms with Gasteiger partial charge < -0.3 is 14.0 Å². The highest BCUT2D eigenvalue weighted by Gasteiger charge is 2.50. The minimum atomic E-state index is -1.90. The number of hydrogen-bond donors (Lipinski definition) is 0. The number of aromatic nitrogens is 1. The molecule has 0 amide bonds. The van der Waals surface area contributed by atoms with E-state index in [0.29, 0.717) is 11.3 Å². The molecule has 9 nitrogen and oxygen atoms in total. The average Bonchev–Trinajstić information content (AvgIpc) is 3.18. The Morgan fingerprint density at radius 3 is 2.69 bits per heavy atom. The Morgan fingerprint density at radius 1 is 1.31 bits per heavy atom. The maximum atomic E-state index is 12.9. The fraction of sp³-hybridized carbons (Fsp3) is 0.438. The zero-order valence-electron chi connectivity index (χ0n) is 14.2. The molecule has 1 unspecified atom stereocenters. The molecule has 3 aliphatic rings. The maximum absolute atomic E-state index is 12.9. The molecule has 2 aliphatic heterocycles. The molecule has 1 aliphatic carbocycles. The standard InChI is InChI=1S/C16H15NO8S/c1-6-13(19)12-10(14(20)15(6)22-3)8(5-23-7(2)18)11-16-9(4-17(11)12)24-26(21)25-16/h9,16H,4-5H2,1-3H3/t9-,16-,26?/m1/s1. The lowest BCUT2D eigenvalue weighted by atomic mass is 9.90. The summed E-state index contributed by atoms with van der Waals surface area (Å²) >= 11 is -1.90. The molecule has 0 radical (unpaired) electrons. The molecule has 1 aromatic heterocycles. The molecule has 10 heteroatoms. The lowest BCUT2D eigenvalue weighted by Gasteiger charge is -2.18. The highest BCUT2D eigenvalue weighted by Crippen LogP contribution is 2.45. The Bertz CT molecular complexity index is 927. The summed E-state index contributed by atoms with van der Waals surface area (Å²) in [6.45, 7) is 2.76. The molecule has 1 fully saturated rings. The molecule has 1 aromatic rings. The first-order chi connectivity index (χ1) is 12.3. The number of allylic oxidation sites excluding steroid dienone is 2. The molecule has 0 bridgehead atoms. The first kappa shape index (κ1) is 17.1. The fourth-order valence-electron chi connectivity index (χ4n) is 3.66. The van der Waals surface area contributed by atoms with Crippen molar-refractivity contribution in [3.05, 3.63) is 33.8 Å². The summed E-state index contributed by atoms with van der Waals surface area (Å²) in [6, 6.07) is 0. The van der Waals surface area contributed by atoms with Crippen LogP contribution in [0.4, 0.5) is 0 Å². The van der Waals surface area contributed by atoms with Crippen LogP contribution in [0.5, 0.6) is 0 Å². The number of carbonyl (C=O) groups excluding carboxylic acids is 3. The van der Waals surface area contributed by atoms with E-state index in [0.717, 1.165) is 0 Å². The minimum Gasteiger partial charge on any atom is -0.492 e. The smallest absolute Gasteiger partial charge is 0.305 e. The molecule has 138 valence electrons.